The van der Waals surface area contributed by atoms with E-state index in [2.05, 4.69) is 17.0 Å². The summed E-state index contributed by atoms with van der Waals surface area (Å²) in [5, 5.41) is 4.53. The highest BCUT2D eigenvalue weighted by Gasteiger charge is 2.23. The average Bonchev–Trinajstić information content (AvgIpc) is 2.80. The van der Waals surface area contributed by atoms with Gasteiger partial charge in [0, 0.05) is 45.4 Å². The first-order valence-corrected chi connectivity index (χ1v) is 9.38. The van der Waals surface area contributed by atoms with Crippen LogP contribution in [-0.2, 0) is 24.3 Å². The van der Waals surface area contributed by atoms with Gasteiger partial charge in [0.2, 0.25) is 5.91 Å². The molecule has 0 radical (unpaired) electrons. The van der Waals surface area contributed by atoms with Crippen LogP contribution in [0.4, 0.5) is 0 Å². The molecule has 3 heterocycles. The van der Waals surface area contributed by atoms with Gasteiger partial charge < -0.3 is 4.90 Å². The van der Waals surface area contributed by atoms with Crippen molar-refractivity contribution in [2.45, 2.75) is 52.1 Å². The maximum absolute atomic E-state index is 12.7. The normalized spacial score (nSPS) is 16.8. The number of pyridine rings is 1. The van der Waals surface area contributed by atoms with Crippen LogP contribution in [0.3, 0.4) is 0 Å². The summed E-state index contributed by atoms with van der Waals surface area (Å²) in [6.45, 7) is 3.95. The van der Waals surface area contributed by atoms with Crippen molar-refractivity contribution in [2.24, 2.45) is 5.92 Å². The number of hydrogen-bond donors (Lipinski definition) is 0. The molecule has 1 aliphatic rings. The zero-order valence-corrected chi connectivity index (χ0v) is 15.6. The molecule has 0 spiro atoms. The Hall–Kier alpha value is -2.44. The number of carbonyl (C=O) groups excluding carboxylic acids is 1. The largest absolute Gasteiger partial charge is 0.346 e. The third-order valence-electron chi connectivity index (χ3n) is 5.04. The van der Waals surface area contributed by atoms with Crippen LogP contribution in [0.15, 0.2) is 29.3 Å². The first kappa shape index (κ1) is 18.4. The summed E-state index contributed by atoms with van der Waals surface area (Å²) in [5.41, 5.74) is 0.893. The monoisotopic (exact) mass is 357 g/mol. The second-order valence-electron chi connectivity index (χ2n) is 7.08. The Morgan fingerprint density at radius 3 is 2.96 bits per heavy atom. The summed E-state index contributed by atoms with van der Waals surface area (Å²) < 4.78 is 3.30. The van der Waals surface area contributed by atoms with Gasteiger partial charge in [0.05, 0.1) is 6.54 Å². The van der Waals surface area contributed by atoms with E-state index in [1.54, 1.807) is 17.0 Å². The summed E-state index contributed by atoms with van der Waals surface area (Å²) >= 11 is 0. The topological polar surface area (TPSA) is 73.0 Å². The predicted octanol–water partition coefficient (Wildman–Crippen LogP) is 1.70. The molecular weight excluding hydrogens is 330 g/mol. The number of carbonyl (C=O) groups is 1. The molecular formula is C19H27N5O2. The molecule has 26 heavy (non-hydrogen) atoms. The number of nitrogens with zero attached hydrogens (tertiary/aromatic N) is 5. The lowest BCUT2D eigenvalue weighted by molar-refractivity contribution is -0.131. The van der Waals surface area contributed by atoms with E-state index in [-0.39, 0.29) is 11.6 Å². The van der Waals surface area contributed by atoms with Gasteiger partial charge in [0.1, 0.15) is 5.82 Å². The first-order chi connectivity index (χ1) is 12.6. The van der Waals surface area contributed by atoms with E-state index in [0.717, 1.165) is 43.6 Å². The van der Waals surface area contributed by atoms with Crippen molar-refractivity contribution in [3.05, 3.63) is 46.4 Å². The van der Waals surface area contributed by atoms with E-state index in [1.165, 1.54) is 4.68 Å². The maximum atomic E-state index is 12.7. The highest BCUT2D eigenvalue weighted by molar-refractivity contribution is 5.76. The number of fused-ring (bicyclic) bond motifs is 1. The Morgan fingerprint density at radius 2 is 2.23 bits per heavy atom. The summed E-state index contributed by atoms with van der Waals surface area (Å²) in [5.74, 6) is 1.34. The van der Waals surface area contributed by atoms with Crippen LogP contribution in [0, 0.1) is 5.92 Å². The molecule has 0 N–H and O–H groups in total. The van der Waals surface area contributed by atoms with E-state index in [1.807, 2.05) is 24.1 Å². The van der Waals surface area contributed by atoms with Gasteiger partial charge in [-0.25, -0.2) is 9.48 Å². The molecule has 1 amide bonds. The molecule has 2 aromatic rings. The van der Waals surface area contributed by atoms with E-state index >= 15 is 0 Å². The lowest BCUT2D eigenvalue weighted by atomic mass is 9.96. The number of amides is 1. The zero-order valence-electron chi connectivity index (χ0n) is 15.6. The second-order valence-corrected chi connectivity index (χ2v) is 7.08. The highest BCUT2D eigenvalue weighted by Crippen LogP contribution is 2.22. The molecule has 7 heteroatoms. The van der Waals surface area contributed by atoms with Crippen LogP contribution >= 0.6 is 0 Å². The van der Waals surface area contributed by atoms with Crippen molar-refractivity contribution < 1.29 is 4.79 Å². The standard InChI is InChI=1S/C19H27N5O2/c1-3-10-22(2)18(25)12-15-6-7-17-21-24(19(26)23(17)11-8-15)14-16-5-4-9-20-13-16/h4-5,9,13,15H,3,6-8,10-12,14H2,1-2H3. The molecule has 0 saturated heterocycles. The molecule has 2 aromatic heterocycles. The predicted molar refractivity (Wildman–Crippen MR) is 98.8 cm³/mol. The van der Waals surface area contributed by atoms with Crippen molar-refractivity contribution >= 4 is 5.91 Å². The smallest absolute Gasteiger partial charge is 0.346 e. The number of aryl methyl sites for hydroxylation is 1. The van der Waals surface area contributed by atoms with Crippen molar-refractivity contribution in [1.29, 1.82) is 0 Å². The van der Waals surface area contributed by atoms with Gasteiger partial charge in [0.15, 0.2) is 0 Å². The minimum absolute atomic E-state index is 0.0704. The quantitative estimate of drug-likeness (QED) is 0.789. The first-order valence-electron chi connectivity index (χ1n) is 9.38. The Labute approximate surface area is 153 Å². The van der Waals surface area contributed by atoms with Crippen LogP contribution in [0.1, 0.15) is 44.0 Å². The zero-order chi connectivity index (χ0) is 18.5. The van der Waals surface area contributed by atoms with Gasteiger partial charge >= 0.3 is 5.69 Å². The van der Waals surface area contributed by atoms with Crippen LogP contribution in [0.5, 0.6) is 0 Å². The van der Waals surface area contributed by atoms with Crippen LogP contribution in [0.2, 0.25) is 0 Å². The second kappa shape index (κ2) is 8.29. The van der Waals surface area contributed by atoms with Gasteiger partial charge in [-0.05, 0) is 36.8 Å². The maximum Gasteiger partial charge on any atom is 0.346 e. The third kappa shape index (κ3) is 4.20. The molecule has 0 aromatic carbocycles. The molecule has 1 aliphatic heterocycles. The Morgan fingerprint density at radius 1 is 1.38 bits per heavy atom. The van der Waals surface area contributed by atoms with Crippen LogP contribution in [-0.4, -0.2) is 43.7 Å². The van der Waals surface area contributed by atoms with Gasteiger partial charge in [-0.2, -0.15) is 5.10 Å². The van der Waals surface area contributed by atoms with Crippen LogP contribution < -0.4 is 5.69 Å². The van der Waals surface area contributed by atoms with E-state index < -0.39 is 0 Å². The lowest BCUT2D eigenvalue weighted by Crippen LogP contribution is -2.29. The average molecular weight is 357 g/mol. The van der Waals surface area contributed by atoms with E-state index in [9.17, 15) is 9.59 Å². The van der Waals surface area contributed by atoms with Crippen molar-refractivity contribution in [3.8, 4) is 0 Å². The van der Waals surface area contributed by atoms with Crippen molar-refractivity contribution in [3.63, 3.8) is 0 Å². The minimum atomic E-state index is -0.0704. The van der Waals surface area contributed by atoms with Gasteiger partial charge in [0.25, 0.3) is 0 Å². The summed E-state index contributed by atoms with van der Waals surface area (Å²) in [7, 11) is 1.87. The minimum Gasteiger partial charge on any atom is -0.346 e. The molecule has 7 nitrogen and oxygen atoms in total. The van der Waals surface area contributed by atoms with Crippen molar-refractivity contribution in [1.82, 2.24) is 24.2 Å². The fourth-order valence-corrected chi connectivity index (χ4v) is 3.52. The summed E-state index contributed by atoms with van der Waals surface area (Å²) in [6.07, 6.45) is 7.49. The van der Waals surface area contributed by atoms with Gasteiger partial charge in [-0.3, -0.25) is 14.3 Å². The Balaban J connectivity index is 1.64. The van der Waals surface area contributed by atoms with Crippen LogP contribution in [0.25, 0.3) is 0 Å². The SMILES string of the molecule is CCCN(C)C(=O)CC1CCc2nn(Cc3cccnc3)c(=O)n2CC1. The number of rotatable bonds is 6. The Kier molecular flexibility index (Phi) is 5.85. The molecule has 0 fully saturated rings. The summed E-state index contributed by atoms with van der Waals surface area (Å²) in [4.78, 5) is 30.8. The molecule has 1 unspecified atom stereocenters. The summed E-state index contributed by atoms with van der Waals surface area (Å²) in [6, 6.07) is 3.80. The number of hydrogen-bond acceptors (Lipinski definition) is 4. The fourth-order valence-electron chi connectivity index (χ4n) is 3.52. The molecule has 140 valence electrons. The third-order valence-corrected chi connectivity index (χ3v) is 5.04. The van der Waals surface area contributed by atoms with Crippen molar-refractivity contribution in [2.75, 3.05) is 13.6 Å². The molecule has 1 atom stereocenters. The van der Waals surface area contributed by atoms with Gasteiger partial charge in [-0.1, -0.05) is 13.0 Å². The number of aromatic nitrogens is 4. The highest BCUT2D eigenvalue weighted by atomic mass is 16.2. The molecule has 0 bridgehead atoms. The van der Waals surface area contributed by atoms with E-state index in [0.29, 0.717) is 25.4 Å². The molecule has 0 saturated carbocycles. The fraction of sp³-hybridized carbons (Fsp3) is 0.579. The lowest BCUT2D eigenvalue weighted by Gasteiger charge is -2.20. The Bertz CT molecular complexity index is 796. The molecule has 3 rings (SSSR count). The molecule has 0 aliphatic carbocycles. The van der Waals surface area contributed by atoms with E-state index in [4.69, 9.17) is 0 Å². The van der Waals surface area contributed by atoms with Gasteiger partial charge in [-0.15, -0.1) is 0 Å².